The summed E-state index contributed by atoms with van der Waals surface area (Å²) in [7, 11) is 1.70. The van der Waals surface area contributed by atoms with Crippen LogP contribution in [0.1, 0.15) is 25.5 Å². The first-order valence-electron chi connectivity index (χ1n) is 5.24. The molecule has 0 fully saturated rings. The van der Waals surface area contributed by atoms with Crippen LogP contribution in [0.15, 0.2) is 18.2 Å². The van der Waals surface area contributed by atoms with Crippen molar-refractivity contribution in [3.8, 4) is 0 Å². The average molecular weight is 262 g/mol. The minimum atomic E-state index is 0.222. The van der Waals surface area contributed by atoms with Crippen LogP contribution < -0.4 is 5.32 Å². The number of benzene rings is 1. The van der Waals surface area contributed by atoms with E-state index < -0.39 is 0 Å². The second-order valence-corrected chi connectivity index (χ2v) is 4.73. The summed E-state index contributed by atoms with van der Waals surface area (Å²) in [4.78, 5) is 0. The van der Waals surface area contributed by atoms with Gasteiger partial charge < -0.3 is 10.1 Å². The van der Waals surface area contributed by atoms with Crippen LogP contribution in [-0.2, 0) is 4.74 Å². The smallest absolute Gasteiger partial charge is 0.0613 e. The molecule has 16 heavy (non-hydrogen) atoms. The van der Waals surface area contributed by atoms with Crippen molar-refractivity contribution < 1.29 is 4.74 Å². The van der Waals surface area contributed by atoms with Gasteiger partial charge in [0.25, 0.3) is 0 Å². The summed E-state index contributed by atoms with van der Waals surface area (Å²) in [5, 5.41) is 4.59. The predicted octanol–water partition coefficient (Wildman–Crippen LogP) is 3.68. The van der Waals surface area contributed by atoms with Gasteiger partial charge in [-0.3, -0.25) is 0 Å². The number of hydrogen-bond donors (Lipinski definition) is 1. The van der Waals surface area contributed by atoms with Gasteiger partial charge in [-0.15, -0.1) is 0 Å². The van der Waals surface area contributed by atoms with Gasteiger partial charge in [-0.05, 0) is 31.5 Å². The number of rotatable bonds is 5. The van der Waals surface area contributed by atoms with Crippen LogP contribution in [-0.4, -0.2) is 19.8 Å². The molecule has 1 aromatic rings. The Bertz CT molecular complexity index is 344. The lowest BCUT2D eigenvalue weighted by molar-refractivity contribution is 0.168. The second-order valence-electron chi connectivity index (χ2n) is 3.92. The van der Waals surface area contributed by atoms with Crippen LogP contribution in [0.2, 0.25) is 10.0 Å². The number of methoxy groups -OCH3 is 1. The van der Waals surface area contributed by atoms with Crippen molar-refractivity contribution in [1.29, 1.82) is 0 Å². The molecule has 2 atom stereocenters. The van der Waals surface area contributed by atoms with Crippen molar-refractivity contribution in [2.45, 2.75) is 25.9 Å². The lowest BCUT2D eigenvalue weighted by atomic mass is 10.1. The highest BCUT2D eigenvalue weighted by molar-refractivity contribution is 6.42. The van der Waals surface area contributed by atoms with E-state index in [1.54, 1.807) is 7.11 Å². The highest BCUT2D eigenvalue weighted by atomic mass is 35.5. The van der Waals surface area contributed by atoms with Crippen molar-refractivity contribution in [2.24, 2.45) is 0 Å². The van der Waals surface area contributed by atoms with E-state index in [-0.39, 0.29) is 6.04 Å². The van der Waals surface area contributed by atoms with Crippen LogP contribution in [0.5, 0.6) is 0 Å². The van der Waals surface area contributed by atoms with Crippen molar-refractivity contribution in [2.75, 3.05) is 13.7 Å². The molecule has 0 aromatic heterocycles. The summed E-state index contributed by atoms with van der Waals surface area (Å²) in [5.74, 6) is 0. The number of ether oxygens (including phenoxy) is 1. The molecule has 0 saturated heterocycles. The molecule has 1 rings (SSSR count). The summed E-state index contributed by atoms with van der Waals surface area (Å²) < 4.78 is 5.07. The molecule has 1 N–H and O–H groups in total. The van der Waals surface area contributed by atoms with Gasteiger partial charge in [0.15, 0.2) is 0 Å². The molecule has 0 aliphatic heterocycles. The fraction of sp³-hybridized carbons (Fsp3) is 0.500. The fourth-order valence-corrected chi connectivity index (χ4v) is 1.91. The normalized spacial score (nSPS) is 14.8. The number of hydrogen-bond acceptors (Lipinski definition) is 2. The number of nitrogens with one attached hydrogen (secondary N) is 1. The van der Waals surface area contributed by atoms with E-state index in [0.717, 1.165) is 5.56 Å². The van der Waals surface area contributed by atoms with Crippen molar-refractivity contribution in [3.63, 3.8) is 0 Å². The standard InChI is InChI=1S/C12H17Cl2NO/c1-8(7-16-3)15-9(2)10-4-5-11(13)12(14)6-10/h4-6,8-9,15H,7H2,1-3H3/t8?,9-/m1/s1. The zero-order valence-corrected chi connectivity index (χ0v) is 11.3. The van der Waals surface area contributed by atoms with Crippen LogP contribution in [0.4, 0.5) is 0 Å². The largest absolute Gasteiger partial charge is 0.383 e. The maximum atomic E-state index is 5.97. The molecule has 0 bridgehead atoms. The van der Waals surface area contributed by atoms with E-state index in [1.807, 2.05) is 18.2 Å². The maximum Gasteiger partial charge on any atom is 0.0613 e. The molecule has 0 aliphatic carbocycles. The maximum absolute atomic E-state index is 5.97. The quantitative estimate of drug-likeness (QED) is 0.874. The molecular formula is C12H17Cl2NO. The molecule has 4 heteroatoms. The van der Waals surface area contributed by atoms with Gasteiger partial charge in [-0.1, -0.05) is 29.3 Å². The first-order chi connectivity index (χ1) is 7.54. The van der Waals surface area contributed by atoms with E-state index >= 15 is 0 Å². The van der Waals surface area contributed by atoms with E-state index in [0.29, 0.717) is 22.7 Å². The number of halogens is 2. The molecule has 0 spiro atoms. The molecular weight excluding hydrogens is 245 g/mol. The third-order valence-electron chi connectivity index (χ3n) is 2.39. The highest BCUT2D eigenvalue weighted by Gasteiger charge is 2.10. The van der Waals surface area contributed by atoms with E-state index in [9.17, 15) is 0 Å². The van der Waals surface area contributed by atoms with Gasteiger partial charge >= 0.3 is 0 Å². The molecule has 0 radical (unpaired) electrons. The average Bonchev–Trinajstić information content (AvgIpc) is 2.22. The first-order valence-corrected chi connectivity index (χ1v) is 6.00. The van der Waals surface area contributed by atoms with Gasteiger partial charge in [0, 0.05) is 19.2 Å². The topological polar surface area (TPSA) is 21.3 Å². The van der Waals surface area contributed by atoms with Crippen molar-refractivity contribution in [3.05, 3.63) is 33.8 Å². The van der Waals surface area contributed by atoms with Gasteiger partial charge in [-0.2, -0.15) is 0 Å². The Hall–Kier alpha value is -0.280. The first kappa shape index (κ1) is 13.8. The lowest BCUT2D eigenvalue weighted by Gasteiger charge is -2.20. The van der Waals surface area contributed by atoms with Crippen molar-refractivity contribution in [1.82, 2.24) is 5.32 Å². The third-order valence-corrected chi connectivity index (χ3v) is 3.13. The van der Waals surface area contributed by atoms with Crippen molar-refractivity contribution >= 4 is 23.2 Å². The molecule has 0 amide bonds. The van der Waals surface area contributed by atoms with Crippen LogP contribution in [0.25, 0.3) is 0 Å². The molecule has 1 unspecified atom stereocenters. The molecule has 2 nitrogen and oxygen atoms in total. The Labute approximate surface area is 107 Å². The van der Waals surface area contributed by atoms with Gasteiger partial charge in [-0.25, -0.2) is 0 Å². The van der Waals surface area contributed by atoms with Gasteiger partial charge in [0.1, 0.15) is 0 Å². The Kier molecular flexibility index (Phi) is 5.56. The Morgan fingerprint density at radius 3 is 2.50 bits per heavy atom. The van der Waals surface area contributed by atoms with Gasteiger partial charge in [0.2, 0.25) is 0 Å². The minimum absolute atomic E-state index is 0.222. The molecule has 0 saturated carbocycles. The molecule has 0 heterocycles. The summed E-state index contributed by atoms with van der Waals surface area (Å²) in [6.45, 7) is 4.86. The van der Waals surface area contributed by atoms with Gasteiger partial charge in [0.05, 0.1) is 16.7 Å². The van der Waals surface area contributed by atoms with E-state index in [1.165, 1.54) is 0 Å². The molecule has 0 aliphatic rings. The SMILES string of the molecule is COCC(C)N[C@H](C)c1ccc(Cl)c(Cl)c1. The summed E-state index contributed by atoms with van der Waals surface area (Å²) in [6, 6.07) is 6.21. The van der Waals surface area contributed by atoms with E-state index in [4.69, 9.17) is 27.9 Å². The fourth-order valence-electron chi connectivity index (χ4n) is 1.60. The Morgan fingerprint density at radius 2 is 1.94 bits per heavy atom. The Morgan fingerprint density at radius 1 is 1.25 bits per heavy atom. The lowest BCUT2D eigenvalue weighted by Crippen LogP contribution is -2.32. The monoisotopic (exact) mass is 261 g/mol. The highest BCUT2D eigenvalue weighted by Crippen LogP contribution is 2.25. The summed E-state index contributed by atoms with van der Waals surface area (Å²) in [5.41, 5.74) is 1.12. The summed E-state index contributed by atoms with van der Waals surface area (Å²) in [6.07, 6.45) is 0. The van der Waals surface area contributed by atoms with Crippen LogP contribution in [0.3, 0.4) is 0 Å². The summed E-state index contributed by atoms with van der Waals surface area (Å²) >= 11 is 11.8. The van der Waals surface area contributed by atoms with E-state index in [2.05, 4.69) is 19.2 Å². The third kappa shape index (κ3) is 3.95. The zero-order chi connectivity index (χ0) is 12.1. The molecule has 90 valence electrons. The minimum Gasteiger partial charge on any atom is -0.383 e. The zero-order valence-electron chi connectivity index (χ0n) is 9.76. The molecule has 1 aromatic carbocycles. The van der Waals surface area contributed by atoms with Crippen LogP contribution in [0, 0.1) is 0 Å². The Balaban J connectivity index is 2.65. The predicted molar refractivity (Wildman–Crippen MR) is 69.4 cm³/mol. The van der Waals surface area contributed by atoms with Crippen LogP contribution >= 0.6 is 23.2 Å². The second kappa shape index (κ2) is 6.45.